The molecule has 0 saturated carbocycles. The first kappa shape index (κ1) is 14.4. The van der Waals surface area contributed by atoms with Crippen molar-refractivity contribution in [3.05, 3.63) is 30.1 Å². The predicted molar refractivity (Wildman–Crippen MR) is 74.0 cm³/mol. The van der Waals surface area contributed by atoms with Crippen LogP contribution in [0.25, 0.3) is 0 Å². The van der Waals surface area contributed by atoms with Gasteiger partial charge in [-0.25, -0.2) is 9.18 Å². The lowest BCUT2D eigenvalue weighted by Crippen LogP contribution is -2.48. The highest BCUT2D eigenvalue weighted by Crippen LogP contribution is 2.08. The zero-order valence-corrected chi connectivity index (χ0v) is 11.1. The van der Waals surface area contributed by atoms with Crippen LogP contribution in [0.5, 0.6) is 0 Å². The molecule has 0 aliphatic carbocycles. The van der Waals surface area contributed by atoms with E-state index in [1.807, 2.05) is 13.8 Å². The summed E-state index contributed by atoms with van der Waals surface area (Å²) in [7, 11) is 0. The molecule has 0 fully saturated rings. The second kappa shape index (κ2) is 6.30. The number of carbonyl (C=O) groups excluding carboxylic acids is 1. The Morgan fingerprint density at radius 2 is 1.89 bits per heavy atom. The van der Waals surface area contributed by atoms with Gasteiger partial charge in [-0.05, 0) is 30.2 Å². The lowest BCUT2D eigenvalue weighted by atomic mass is 10.1. The Kier molecular flexibility index (Phi) is 5.03. The van der Waals surface area contributed by atoms with Gasteiger partial charge in [-0.2, -0.15) is 0 Å². The van der Waals surface area contributed by atoms with Gasteiger partial charge < -0.3 is 16.4 Å². The summed E-state index contributed by atoms with van der Waals surface area (Å²) in [5, 5.41) is 5.25. The highest BCUT2D eigenvalue weighted by atomic mass is 32.1. The number of rotatable bonds is 4. The van der Waals surface area contributed by atoms with E-state index in [1.54, 1.807) is 0 Å². The fraction of sp³-hybridized carbons (Fsp3) is 0.333. The summed E-state index contributed by atoms with van der Waals surface area (Å²) >= 11 is 4.88. The van der Waals surface area contributed by atoms with Crippen molar-refractivity contribution in [1.29, 1.82) is 0 Å². The van der Waals surface area contributed by atoms with Crippen molar-refractivity contribution in [2.24, 2.45) is 11.7 Å². The van der Waals surface area contributed by atoms with Crippen LogP contribution in [0.3, 0.4) is 0 Å². The normalized spacial score (nSPS) is 12.0. The zero-order valence-electron chi connectivity index (χ0n) is 10.2. The zero-order chi connectivity index (χ0) is 13.7. The Morgan fingerprint density at radius 3 is 2.33 bits per heavy atom. The number of benzene rings is 1. The smallest absolute Gasteiger partial charge is 0.319 e. The van der Waals surface area contributed by atoms with E-state index in [9.17, 15) is 9.18 Å². The fourth-order valence-electron chi connectivity index (χ4n) is 1.41. The van der Waals surface area contributed by atoms with Crippen LogP contribution < -0.4 is 16.4 Å². The number of amides is 2. The molecule has 0 aliphatic heterocycles. The van der Waals surface area contributed by atoms with Crippen LogP contribution in [-0.4, -0.2) is 17.1 Å². The summed E-state index contributed by atoms with van der Waals surface area (Å²) in [6.07, 6.45) is 0. The number of nitrogens with one attached hydrogen (secondary N) is 2. The third kappa shape index (κ3) is 4.29. The van der Waals surface area contributed by atoms with Gasteiger partial charge in [0, 0.05) is 5.69 Å². The van der Waals surface area contributed by atoms with E-state index < -0.39 is 6.03 Å². The summed E-state index contributed by atoms with van der Waals surface area (Å²) in [5.41, 5.74) is 6.04. The average Bonchev–Trinajstić information content (AvgIpc) is 2.28. The van der Waals surface area contributed by atoms with Crippen LogP contribution in [0.4, 0.5) is 14.9 Å². The molecule has 18 heavy (non-hydrogen) atoms. The molecule has 2 amide bonds. The Balaban J connectivity index is 2.60. The third-order valence-corrected chi connectivity index (χ3v) is 2.62. The van der Waals surface area contributed by atoms with Crippen molar-refractivity contribution in [3.8, 4) is 0 Å². The van der Waals surface area contributed by atoms with Crippen molar-refractivity contribution in [2.45, 2.75) is 19.9 Å². The van der Waals surface area contributed by atoms with E-state index in [1.165, 1.54) is 24.3 Å². The van der Waals surface area contributed by atoms with Gasteiger partial charge in [0.2, 0.25) is 0 Å². The molecule has 98 valence electrons. The molecule has 0 heterocycles. The maximum atomic E-state index is 12.7. The van der Waals surface area contributed by atoms with E-state index >= 15 is 0 Å². The molecule has 1 atom stereocenters. The van der Waals surface area contributed by atoms with E-state index in [-0.39, 0.29) is 22.8 Å². The minimum absolute atomic E-state index is 0.0986. The molecular weight excluding hydrogens is 253 g/mol. The first-order valence-corrected chi connectivity index (χ1v) is 5.93. The SMILES string of the molecule is CC(C)C(NC(=O)Nc1ccc(F)cc1)C(N)=S. The van der Waals surface area contributed by atoms with Crippen LogP contribution in [0.15, 0.2) is 24.3 Å². The fourth-order valence-corrected chi connectivity index (χ4v) is 1.74. The molecule has 1 rings (SSSR count). The number of nitrogens with two attached hydrogens (primary N) is 1. The summed E-state index contributed by atoms with van der Waals surface area (Å²) in [5.74, 6) is -0.259. The molecule has 0 aliphatic rings. The maximum Gasteiger partial charge on any atom is 0.319 e. The monoisotopic (exact) mass is 269 g/mol. The van der Waals surface area contributed by atoms with E-state index in [4.69, 9.17) is 18.0 Å². The molecule has 0 saturated heterocycles. The molecule has 0 bridgehead atoms. The van der Waals surface area contributed by atoms with Crippen LogP contribution in [-0.2, 0) is 0 Å². The molecule has 1 unspecified atom stereocenters. The largest absolute Gasteiger partial charge is 0.392 e. The molecule has 6 heteroatoms. The second-order valence-electron chi connectivity index (χ2n) is 4.23. The second-order valence-corrected chi connectivity index (χ2v) is 4.70. The highest BCUT2D eigenvalue weighted by Gasteiger charge is 2.18. The molecular formula is C12H16FN3OS. The van der Waals surface area contributed by atoms with Crippen molar-refractivity contribution >= 4 is 28.9 Å². The Hall–Kier alpha value is -1.69. The summed E-state index contributed by atoms with van der Waals surface area (Å²) in [4.78, 5) is 11.9. The first-order chi connectivity index (χ1) is 8.40. The van der Waals surface area contributed by atoms with Gasteiger partial charge in [0.05, 0.1) is 11.0 Å². The van der Waals surface area contributed by atoms with E-state index in [0.29, 0.717) is 5.69 Å². The van der Waals surface area contributed by atoms with Gasteiger partial charge >= 0.3 is 6.03 Å². The predicted octanol–water partition coefficient (Wildman–Crippen LogP) is 2.26. The first-order valence-electron chi connectivity index (χ1n) is 5.52. The highest BCUT2D eigenvalue weighted by molar-refractivity contribution is 7.80. The molecule has 4 nitrogen and oxygen atoms in total. The average molecular weight is 269 g/mol. The standard InChI is InChI=1S/C12H16FN3OS/c1-7(2)10(11(14)18)16-12(17)15-9-5-3-8(13)4-6-9/h3-7,10H,1-2H3,(H2,14,18)(H2,15,16,17). The Morgan fingerprint density at radius 1 is 1.33 bits per heavy atom. The topological polar surface area (TPSA) is 67.2 Å². The van der Waals surface area contributed by atoms with Crippen molar-refractivity contribution in [3.63, 3.8) is 0 Å². The van der Waals surface area contributed by atoms with Gasteiger partial charge in [-0.3, -0.25) is 0 Å². The van der Waals surface area contributed by atoms with Crippen LogP contribution in [0.1, 0.15) is 13.8 Å². The van der Waals surface area contributed by atoms with Gasteiger partial charge in [0.1, 0.15) is 5.82 Å². The number of carbonyl (C=O) groups is 1. The lowest BCUT2D eigenvalue weighted by Gasteiger charge is -2.21. The van der Waals surface area contributed by atoms with Crippen LogP contribution >= 0.6 is 12.2 Å². The van der Waals surface area contributed by atoms with Gasteiger partial charge in [-0.1, -0.05) is 26.1 Å². The van der Waals surface area contributed by atoms with E-state index in [0.717, 1.165) is 0 Å². The number of anilines is 1. The van der Waals surface area contributed by atoms with Crippen molar-refractivity contribution < 1.29 is 9.18 Å². The molecule has 1 aromatic carbocycles. The van der Waals surface area contributed by atoms with E-state index in [2.05, 4.69) is 10.6 Å². The Labute approximate surface area is 111 Å². The molecule has 1 aromatic rings. The lowest BCUT2D eigenvalue weighted by molar-refractivity contribution is 0.248. The third-order valence-electron chi connectivity index (χ3n) is 2.36. The summed E-state index contributed by atoms with van der Waals surface area (Å²) in [6, 6.07) is 4.68. The Bertz CT molecular complexity index is 433. The molecule has 4 N–H and O–H groups in total. The number of hydrogen-bond acceptors (Lipinski definition) is 2. The minimum atomic E-state index is -0.423. The van der Waals surface area contributed by atoms with Gasteiger partial charge in [0.25, 0.3) is 0 Å². The number of urea groups is 1. The van der Waals surface area contributed by atoms with Crippen LogP contribution in [0.2, 0.25) is 0 Å². The van der Waals surface area contributed by atoms with Crippen LogP contribution in [0, 0.1) is 11.7 Å². The number of halogens is 1. The summed E-state index contributed by atoms with van der Waals surface area (Å²) < 4.78 is 12.7. The van der Waals surface area contributed by atoms with Crippen molar-refractivity contribution in [2.75, 3.05) is 5.32 Å². The van der Waals surface area contributed by atoms with Gasteiger partial charge in [-0.15, -0.1) is 0 Å². The molecule has 0 spiro atoms. The minimum Gasteiger partial charge on any atom is -0.392 e. The summed E-state index contributed by atoms with van der Waals surface area (Å²) in [6.45, 7) is 3.81. The molecule has 0 radical (unpaired) electrons. The number of hydrogen-bond donors (Lipinski definition) is 3. The molecule has 0 aromatic heterocycles. The quantitative estimate of drug-likeness (QED) is 0.734. The number of thiocarbonyl (C=S) groups is 1. The maximum absolute atomic E-state index is 12.7. The van der Waals surface area contributed by atoms with Gasteiger partial charge in [0.15, 0.2) is 0 Å². The van der Waals surface area contributed by atoms with Crippen molar-refractivity contribution in [1.82, 2.24) is 5.32 Å².